The molecule has 1 aromatic carbocycles. The van der Waals surface area contributed by atoms with Gasteiger partial charge in [0.05, 0.1) is 6.04 Å². The van der Waals surface area contributed by atoms with E-state index in [2.05, 4.69) is 16.0 Å². The molecule has 0 aliphatic carbocycles. The molecule has 2 rings (SSSR count). The first-order valence-electron chi connectivity index (χ1n) is 5.62. The Morgan fingerprint density at radius 1 is 1.31 bits per heavy atom. The molecule has 0 bridgehead atoms. The number of nitrogens with one attached hydrogen (secondary N) is 3. The fraction of sp³-hybridized carbons (Fsp3) is 0.417. The molecule has 1 saturated heterocycles. The summed E-state index contributed by atoms with van der Waals surface area (Å²) in [4.78, 5) is 11.8. The van der Waals surface area contributed by atoms with E-state index in [0.717, 1.165) is 18.7 Å². The van der Waals surface area contributed by atoms with E-state index in [4.69, 9.17) is 0 Å². The Balaban J connectivity index is 1.79. The molecule has 0 saturated carbocycles. The van der Waals surface area contributed by atoms with Crippen molar-refractivity contribution >= 4 is 5.91 Å². The zero-order chi connectivity index (χ0) is 11.2. The van der Waals surface area contributed by atoms with Gasteiger partial charge >= 0.3 is 0 Å². The fourth-order valence-corrected chi connectivity index (χ4v) is 1.75. The van der Waals surface area contributed by atoms with Gasteiger partial charge in [0.25, 0.3) is 0 Å². The van der Waals surface area contributed by atoms with Crippen LogP contribution in [0.5, 0.6) is 0 Å². The maximum absolute atomic E-state index is 11.8. The summed E-state index contributed by atoms with van der Waals surface area (Å²) in [7, 11) is 0. The van der Waals surface area contributed by atoms with Crippen LogP contribution in [0.25, 0.3) is 0 Å². The molecule has 4 nitrogen and oxygen atoms in total. The predicted molar refractivity (Wildman–Crippen MR) is 62.9 cm³/mol. The highest BCUT2D eigenvalue weighted by molar-refractivity contribution is 5.82. The number of piperazine rings is 1. The van der Waals surface area contributed by atoms with Crippen LogP contribution in [0.4, 0.5) is 0 Å². The van der Waals surface area contributed by atoms with E-state index >= 15 is 0 Å². The van der Waals surface area contributed by atoms with Crippen molar-refractivity contribution in [3.63, 3.8) is 0 Å². The number of carbonyl (C=O) groups is 1. The van der Waals surface area contributed by atoms with Crippen LogP contribution in [-0.2, 0) is 11.3 Å². The summed E-state index contributed by atoms with van der Waals surface area (Å²) in [6.07, 6.45) is 0. The van der Waals surface area contributed by atoms with E-state index < -0.39 is 0 Å². The number of hydrogen-bond acceptors (Lipinski definition) is 3. The number of rotatable bonds is 3. The molecule has 1 amide bonds. The molecule has 1 heterocycles. The van der Waals surface area contributed by atoms with E-state index in [1.54, 1.807) is 0 Å². The topological polar surface area (TPSA) is 53.2 Å². The van der Waals surface area contributed by atoms with E-state index in [9.17, 15) is 4.79 Å². The van der Waals surface area contributed by atoms with E-state index in [0.29, 0.717) is 13.1 Å². The molecular formula is C12H17N3O. The SMILES string of the molecule is O=C(NCc1ccccc1)[C@H]1CNCCN1. The van der Waals surface area contributed by atoms with Gasteiger partial charge in [0, 0.05) is 26.2 Å². The van der Waals surface area contributed by atoms with Crippen LogP contribution in [0.2, 0.25) is 0 Å². The van der Waals surface area contributed by atoms with Gasteiger partial charge in [0.1, 0.15) is 0 Å². The normalized spacial score (nSPS) is 20.4. The molecule has 4 heteroatoms. The smallest absolute Gasteiger partial charge is 0.238 e. The summed E-state index contributed by atoms with van der Waals surface area (Å²) in [6, 6.07) is 9.83. The molecule has 1 atom stereocenters. The van der Waals surface area contributed by atoms with Crippen LogP contribution in [0, 0.1) is 0 Å². The minimum absolute atomic E-state index is 0.0658. The van der Waals surface area contributed by atoms with Crippen molar-refractivity contribution in [1.82, 2.24) is 16.0 Å². The Kier molecular flexibility index (Phi) is 3.91. The molecule has 0 unspecified atom stereocenters. The van der Waals surface area contributed by atoms with Gasteiger partial charge in [-0.3, -0.25) is 4.79 Å². The number of hydrogen-bond donors (Lipinski definition) is 3. The molecule has 1 aliphatic heterocycles. The third-order valence-electron chi connectivity index (χ3n) is 2.67. The Bertz CT molecular complexity index is 333. The third kappa shape index (κ3) is 3.05. The lowest BCUT2D eigenvalue weighted by molar-refractivity contribution is -0.123. The van der Waals surface area contributed by atoms with Gasteiger partial charge in [0.15, 0.2) is 0 Å². The fourth-order valence-electron chi connectivity index (χ4n) is 1.75. The summed E-state index contributed by atoms with van der Waals surface area (Å²) in [5.74, 6) is 0.0658. The van der Waals surface area contributed by atoms with E-state index in [1.807, 2.05) is 30.3 Å². The lowest BCUT2D eigenvalue weighted by Crippen LogP contribution is -2.55. The lowest BCUT2D eigenvalue weighted by atomic mass is 10.2. The highest BCUT2D eigenvalue weighted by Crippen LogP contribution is 1.97. The minimum atomic E-state index is -0.0996. The van der Waals surface area contributed by atoms with Gasteiger partial charge in [0.2, 0.25) is 5.91 Å². The van der Waals surface area contributed by atoms with Crippen LogP contribution in [0.15, 0.2) is 30.3 Å². The van der Waals surface area contributed by atoms with Crippen molar-refractivity contribution < 1.29 is 4.79 Å². The Hall–Kier alpha value is -1.39. The van der Waals surface area contributed by atoms with E-state index in [1.165, 1.54) is 0 Å². The molecule has 0 radical (unpaired) electrons. The average Bonchev–Trinajstić information content (AvgIpc) is 2.38. The zero-order valence-corrected chi connectivity index (χ0v) is 9.20. The summed E-state index contributed by atoms with van der Waals surface area (Å²) in [5.41, 5.74) is 1.12. The van der Waals surface area contributed by atoms with Gasteiger partial charge in [-0.2, -0.15) is 0 Å². The quantitative estimate of drug-likeness (QED) is 0.663. The van der Waals surface area contributed by atoms with Crippen molar-refractivity contribution in [2.45, 2.75) is 12.6 Å². The summed E-state index contributed by atoms with van der Waals surface area (Å²) in [6.45, 7) is 3.09. The van der Waals surface area contributed by atoms with Crippen LogP contribution in [0.1, 0.15) is 5.56 Å². The molecule has 0 spiro atoms. The van der Waals surface area contributed by atoms with E-state index in [-0.39, 0.29) is 11.9 Å². The zero-order valence-electron chi connectivity index (χ0n) is 9.20. The first kappa shape index (κ1) is 11.1. The van der Waals surface area contributed by atoms with Crippen LogP contribution in [-0.4, -0.2) is 31.6 Å². The first-order valence-corrected chi connectivity index (χ1v) is 5.62. The van der Waals surface area contributed by atoms with Gasteiger partial charge in [-0.15, -0.1) is 0 Å². The monoisotopic (exact) mass is 219 g/mol. The Labute approximate surface area is 95.4 Å². The third-order valence-corrected chi connectivity index (χ3v) is 2.67. The molecule has 16 heavy (non-hydrogen) atoms. The number of benzene rings is 1. The van der Waals surface area contributed by atoms with Gasteiger partial charge in [-0.1, -0.05) is 30.3 Å². The second kappa shape index (κ2) is 5.63. The Morgan fingerprint density at radius 3 is 2.81 bits per heavy atom. The molecule has 1 fully saturated rings. The summed E-state index contributed by atoms with van der Waals surface area (Å²) < 4.78 is 0. The number of amides is 1. The lowest BCUT2D eigenvalue weighted by Gasteiger charge is -2.23. The average molecular weight is 219 g/mol. The maximum Gasteiger partial charge on any atom is 0.238 e. The maximum atomic E-state index is 11.8. The second-order valence-electron chi connectivity index (χ2n) is 3.91. The van der Waals surface area contributed by atoms with Crippen molar-refractivity contribution in [2.24, 2.45) is 0 Å². The molecule has 1 aliphatic rings. The highest BCUT2D eigenvalue weighted by atomic mass is 16.2. The molecule has 1 aromatic rings. The van der Waals surface area contributed by atoms with Gasteiger partial charge in [-0.05, 0) is 5.56 Å². The molecule has 86 valence electrons. The molecular weight excluding hydrogens is 202 g/mol. The highest BCUT2D eigenvalue weighted by Gasteiger charge is 2.19. The van der Waals surface area contributed by atoms with Crippen LogP contribution in [0.3, 0.4) is 0 Å². The molecule has 3 N–H and O–H groups in total. The summed E-state index contributed by atoms with van der Waals surface area (Å²) >= 11 is 0. The van der Waals surface area contributed by atoms with Gasteiger partial charge in [-0.25, -0.2) is 0 Å². The Morgan fingerprint density at radius 2 is 2.12 bits per heavy atom. The van der Waals surface area contributed by atoms with Crippen molar-refractivity contribution in [1.29, 1.82) is 0 Å². The minimum Gasteiger partial charge on any atom is -0.351 e. The van der Waals surface area contributed by atoms with Crippen molar-refractivity contribution in [2.75, 3.05) is 19.6 Å². The number of carbonyl (C=O) groups excluding carboxylic acids is 1. The standard InChI is InChI=1S/C12H17N3O/c16-12(11-9-13-6-7-14-11)15-8-10-4-2-1-3-5-10/h1-5,11,13-14H,6-9H2,(H,15,16)/t11-/m1/s1. The molecule has 0 aromatic heterocycles. The predicted octanol–water partition coefficient (Wildman–Crippen LogP) is -0.136. The van der Waals surface area contributed by atoms with Gasteiger partial charge < -0.3 is 16.0 Å². The summed E-state index contributed by atoms with van der Waals surface area (Å²) in [5, 5.41) is 9.30. The van der Waals surface area contributed by atoms with Crippen LogP contribution >= 0.6 is 0 Å². The first-order chi connectivity index (χ1) is 7.86. The second-order valence-corrected chi connectivity index (χ2v) is 3.91. The van der Waals surface area contributed by atoms with Crippen molar-refractivity contribution in [3.05, 3.63) is 35.9 Å². The van der Waals surface area contributed by atoms with Crippen molar-refractivity contribution in [3.8, 4) is 0 Å². The van der Waals surface area contributed by atoms with Crippen LogP contribution < -0.4 is 16.0 Å². The largest absolute Gasteiger partial charge is 0.351 e.